The Hall–Kier alpha value is -1.39. The van der Waals surface area contributed by atoms with Gasteiger partial charge in [-0.2, -0.15) is 4.98 Å². The van der Waals surface area contributed by atoms with Gasteiger partial charge in [0.2, 0.25) is 11.7 Å². The second kappa shape index (κ2) is 10.3. The summed E-state index contributed by atoms with van der Waals surface area (Å²) < 4.78 is 11.3. The monoisotopic (exact) mass is 545 g/mol. The zero-order chi connectivity index (χ0) is 20.3. The minimum Gasteiger partial charge on any atom is -0.378 e. The van der Waals surface area contributed by atoms with E-state index in [-0.39, 0.29) is 24.0 Å². The van der Waals surface area contributed by atoms with Crippen LogP contribution in [0.25, 0.3) is 11.4 Å². The lowest BCUT2D eigenvalue weighted by Gasteiger charge is -2.61. The molecule has 2 aliphatic rings. The first kappa shape index (κ1) is 23.3. The fourth-order valence-electron chi connectivity index (χ4n) is 4.39. The largest absolute Gasteiger partial charge is 0.378 e. The maximum absolute atomic E-state index is 6.03. The summed E-state index contributed by atoms with van der Waals surface area (Å²) >= 11 is 6.03. The van der Waals surface area contributed by atoms with E-state index in [9.17, 15) is 0 Å². The summed E-state index contributed by atoms with van der Waals surface area (Å²) in [5, 5.41) is 11.6. The molecule has 0 saturated heterocycles. The lowest BCUT2D eigenvalue weighted by Crippen LogP contribution is -2.68. The average molecular weight is 546 g/mol. The van der Waals surface area contributed by atoms with E-state index in [1.807, 2.05) is 24.3 Å². The minimum atomic E-state index is 0. The highest BCUT2D eigenvalue weighted by atomic mass is 127. The molecule has 0 bridgehead atoms. The van der Waals surface area contributed by atoms with E-state index in [2.05, 4.69) is 32.7 Å². The van der Waals surface area contributed by atoms with Gasteiger partial charge in [0.15, 0.2) is 5.96 Å². The highest BCUT2D eigenvalue weighted by Crippen LogP contribution is 2.57. The molecule has 1 aromatic carbocycles. The summed E-state index contributed by atoms with van der Waals surface area (Å²) in [6.45, 7) is 3.52. The van der Waals surface area contributed by atoms with Gasteiger partial charge in [0.25, 0.3) is 0 Å². The molecule has 2 fully saturated rings. The maximum Gasteiger partial charge on any atom is 0.228 e. The Morgan fingerprint density at radius 1 is 1.40 bits per heavy atom. The van der Waals surface area contributed by atoms with Crippen molar-refractivity contribution in [2.75, 3.05) is 20.2 Å². The topological polar surface area (TPSA) is 84.6 Å². The lowest BCUT2D eigenvalue weighted by molar-refractivity contribution is -0.168. The van der Waals surface area contributed by atoms with Crippen LogP contribution in [0.3, 0.4) is 0 Å². The molecule has 2 aliphatic carbocycles. The molecular formula is C21H29ClIN5O2. The average Bonchev–Trinajstić information content (AvgIpc) is 3.13. The number of aromatic nitrogens is 2. The highest BCUT2D eigenvalue weighted by molar-refractivity contribution is 14.0. The molecule has 0 radical (unpaired) electrons. The van der Waals surface area contributed by atoms with Crippen LogP contribution >= 0.6 is 35.6 Å². The molecule has 2 aromatic rings. The number of hydrogen-bond donors (Lipinski definition) is 2. The molecule has 0 amide bonds. The van der Waals surface area contributed by atoms with Gasteiger partial charge in [-0.1, -0.05) is 35.3 Å². The Kier molecular flexibility index (Phi) is 7.98. The van der Waals surface area contributed by atoms with Gasteiger partial charge in [-0.15, -0.1) is 24.0 Å². The van der Waals surface area contributed by atoms with Crippen molar-refractivity contribution in [1.82, 2.24) is 20.8 Å². The van der Waals surface area contributed by atoms with Crippen LogP contribution in [0.1, 0.15) is 38.5 Å². The summed E-state index contributed by atoms with van der Waals surface area (Å²) in [6.07, 6.45) is 5.81. The van der Waals surface area contributed by atoms with E-state index in [1.165, 1.54) is 19.3 Å². The Labute approximate surface area is 199 Å². The van der Waals surface area contributed by atoms with Gasteiger partial charge in [0, 0.05) is 48.7 Å². The van der Waals surface area contributed by atoms with Crippen LogP contribution in [0.15, 0.2) is 33.8 Å². The Balaban J connectivity index is 0.00000256. The Morgan fingerprint density at radius 3 is 2.90 bits per heavy atom. The van der Waals surface area contributed by atoms with Crippen LogP contribution in [0.5, 0.6) is 0 Å². The van der Waals surface area contributed by atoms with E-state index >= 15 is 0 Å². The van der Waals surface area contributed by atoms with Gasteiger partial charge >= 0.3 is 0 Å². The molecule has 1 spiro atoms. The molecule has 1 heterocycles. The molecular weight excluding hydrogens is 517 g/mol. The summed E-state index contributed by atoms with van der Waals surface area (Å²) in [7, 11) is 1.80. The van der Waals surface area contributed by atoms with Crippen LogP contribution in [0.4, 0.5) is 0 Å². The third kappa shape index (κ3) is 4.75. The first-order chi connectivity index (χ1) is 14.1. The number of rotatable bonds is 7. The Bertz CT molecular complexity index is 871. The molecule has 2 saturated carbocycles. The van der Waals surface area contributed by atoms with Crippen molar-refractivity contribution in [2.45, 2.75) is 51.2 Å². The molecule has 2 N–H and O–H groups in total. The second-order valence-corrected chi connectivity index (χ2v) is 8.17. The van der Waals surface area contributed by atoms with E-state index in [4.69, 9.17) is 20.9 Å². The number of aliphatic imine (C=N–C) groups is 1. The number of hydrogen-bond acceptors (Lipinski definition) is 5. The molecule has 2 unspecified atom stereocenters. The van der Waals surface area contributed by atoms with Gasteiger partial charge in [-0.25, -0.2) is 0 Å². The molecule has 1 aromatic heterocycles. The van der Waals surface area contributed by atoms with Crippen molar-refractivity contribution >= 4 is 41.5 Å². The van der Waals surface area contributed by atoms with E-state index in [0.717, 1.165) is 24.6 Å². The minimum absolute atomic E-state index is 0. The van der Waals surface area contributed by atoms with Gasteiger partial charge in [0.1, 0.15) is 0 Å². The number of halogens is 2. The maximum atomic E-state index is 6.03. The van der Waals surface area contributed by atoms with E-state index < -0.39 is 0 Å². The van der Waals surface area contributed by atoms with Gasteiger partial charge in [0.05, 0.1) is 6.10 Å². The third-order valence-electron chi connectivity index (χ3n) is 6.15. The molecule has 30 heavy (non-hydrogen) atoms. The van der Waals surface area contributed by atoms with Crippen LogP contribution in [0, 0.1) is 5.41 Å². The Morgan fingerprint density at radius 2 is 2.23 bits per heavy atom. The summed E-state index contributed by atoms with van der Waals surface area (Å²) in [4.78, 5) is 8.83. The summed E-state index contributed by atoms with van der Waals surface area (Å²) in [5.74, 6) is 1.94. The van der Waals surface area contributed by atoms with E-state index in [1.54, 1.807) is 7.05 Å². The highest BCUT2D eigenvalue weighted by Gasteiger charge is 2.59. The number of guanidine groups is 1. The van der Waals surface area contributed by atoms with Crippen molar-refractivity contribution < 1.29 is 9.26 Å². The van der Waals surface area contributed by atoms with Crippen molar-refractivity contribution in [1.29, 1.82) is 0 Å². The predicted molar refractivity (Wildman–Crippen MR) is 128 cm³/mol. The van der Waals surface area contributed by atoms with Crippen LogP contribution in [0.2, 0.25) is 5.02 Å². The summed E-state index contributed by atoms with van der Waals surface area (Å²) in [5.41, 5.74) is 1.14. The normalized spacial score (nSPS) is 22.0. The first-order valence-corrected chi connectivity index (χ1v) is 10.7. The summed E-state index contributed by atoms with van der Waals surface area (Å²) in [6, 6.07) is 7.86. The first-order valence-electron chi connectivity index (χ1n) is 10.3. The second-order valence-electron chi connectivity index (χ2n) is 7.73. The molecule has 7 nitrogen and oxygen atoms in total. The van der Waals surface area contributed by atoms with Crippen molar-refractivity contribution in [3.63, 3.8) is 0 Å². The fourth-order valence-corrected chi connectivity index (χ4v) is 4.58. The third-order valence-corrected chi connectivity index (χ3v) is 6.39. The SMILES string of the molecule is CCOC1CC(NC(=NC)NCCc2nc(-c3cccc(Cl)c3)no2)C12CCC2.I. The van der Waals surface area contributed by atoms with Crippen molar-refractivity contribution in [3.05, 3.63) is 35.2 Å². The fraction of sp³-hybridized carbons (Fsp3) is 0.571. The molecule has 164 valence electrons. The lowest BCUT2D eigenvalue weighted by atomic mass is 9.51. The quantitative estimate of drug-likeness (QED) is 0.310. The number of nitrogens with one attached hydrogen (secondary N) is 2. The number of benzene rings is 1. The van der Waals surface area contributed by atoms with Gasteiger partial charge in [-0.3, -0.25) is 4.99 Å². The smallest absolute Gasteiger partial charge is 0.228 e. The van der Waals surface area contributed by atoms with Crippen LogP contribution < -0.4 is 10.6 Å². The standard InChI is InChI=1S/C21H28ClN5O2.HI/c1-3-28-17-13-16(21(17)9-5-10-21)25-20(23-2)24-11-8-18-26-19(27-29-18)14-6-4-7-15(22)12-14;/h4,6-7,12,16-17H,3,5,8-11,13H2,1-2H3,(H2,23,24,25);1H. The number of ether oxygens (including phenoxy) is 1. The molecule has 0 aliphatic heterocycles. The predicted octanol–water partition coefficient (Wildman–Crippen LogP) is 4.06. The van der Waals surface area contributed by atoms with Crippen LogP contribution in [-0.2, 0) is 11.2 Å². The number of nitrogens with zero attached hydrogens (tertiary/aromatic N) is 3. The molecule has 4 rings (SSSR count). The zero-order valence-electron chi connectivity index (χ0n) is 17.4. The van der Waals surface area contributed by atoms with E-state index in [0.29, 0.717) is 47.3 Å². The van der Waals surface area contributed by atoms with Crippen molar-refractivity contribution in [3.8, 4) is 11.4 Å². The van der Waals surface area contributed by atoms with Gasteiger partial charge in [-0.05, 0) is 38.3 Å². The zero-order valence-corrected chi connectivity index (χ0v) is 20.4. The van der Waals surface area contributed by atoms with Crippen LogP contribution in [-0.4, -0.2) is 48.4 Å². The molecule has 2 atom stereocenters. The molecule has 9 heteroatoms. The van der Waals surface area contributed by atoms with Gasteiger partial charge < -0.3 is 19.9 Å². The van der Waals surface area contributed by atoms with Crippen molar-refractivity contribution in [2.24, 2.45) is 10.4 Å².